The van der Waals surface area contributed by atoms with Crippen molar-refractivity contribution < 1.29 is 14.3 Å². The molecule has 6 nitrogen and oxygen atoms in total. The summed E-state index contributed by atoms with van der Waals surface area (Å²) in [5, 5.41) is 3.02. The van der Waals surface area contributed by atoms with Gasteiger partial charge in [-0.3, -0.25) is 15.1 Å². The summed E-state index contributed by atoms with van der Waals surface area (Å²) in [7, 11) is 1.28. The van der Waals surface area contributed by atoms with Gasteiger partial charge < -0.3 is 10.5 Å². The van der Waals surface area contributed by atoms with Gasteiger partial charge in [0.2, 0.25) is 5.78 Å². The molecule has 0 saturated heterocycles. The molecule has 1 heterocycles. The highest BCUT2D eigenvalue weighted by Gasteiger charge is 2.13. The monoisotopic (exact) mass is 381 g/mol. The molecule has 0 saturated carbocycles. The lowest BCUT2D eigenvalue weighted by atomic mass is 9.98. The molecule has 0 bridgehead atoms. The van der Waals surface area contributed by atoms with Gasteiger partial charge in [0.15, 0.2) is 0 Å². The number of halogens is 1. The largest absolute Gasteiger partial charge is 0.453 e. The predicted octanol–water partition coefficient (Wildman–Crippen LogP) is 4.39. The fraction of sp³-hybridized carbons (Fsp3) is 0.0500. The maximum absolute atomic E-state index is 12.6. The molecule has 7 heteroatoms. The van der Waals surface area contributed by atoms with Crippen molar-refractivity contribution in [1.82, 2.24) is 4.98 Å². The first kappa shape index (κ1) is 18.4. The van der Waals surface area contributed by atoms with E-state index in [9.17, 15) is 9.59 Å². The van der Waals surface area contributed by atoms with Crippen molar-refractivity contribution in [1.29, 1.82) is 0 Å². The van der Waals surface area contributed by atoms with Gasteiger partial charge in [-0.2, -0.15) is 0 Å². The quantitative estimate of drug-likeness (QED) is 0.516. The number of carbonyl (C=O) groups excluding carboxylic acids is 2. The van der Waals surface area contributed by atoms with E-state index in [0.29, 0.717) is 27.7 Å². The van der Waals surface area contributed by atoms with Crippen molar-refractivity contribution in [3.05, 3.63) is 77.1 Å². The third-order valence-electron chi connectivity index (χ3n) is 3.88. The van der Waals surface area contributed by atoms with Crippen LogP contribution in [0.1, 0.15) is 16.1 Å². The molecule has 27 heavy (non-hydrogen) atoms. The van der Waals surface area contributed by atoms with E-state index in [1.54, 1.807) is 48.5 Å². The van der Waals surface area contributed by atoms with Gasteiger partial charge in [0, 0.05) is 28.7 Å². The van der Waals surface area contributed by atoms with Gasteiger partial charge in [-0.1, -0.05) is 35.9 Å². The molecule has 0 aliphatic heterocycles. The van der Waals surface area contributed by atoms with Crippen LogP contribution in [0.25, 0.3) is 11.1 Å². The van der Waals surface area contributed by atoms with E-state index in [4.69, 9.17) is 17.3 Å². The van der Waals surface area contributed by atoms with Crippen LogP contribution >= 0.6 is 11.6 Å². The highest BCUT2D eigenvalue weighted by molar-refractivity contribution is 6.30. The minimum atomic E-state index is -0.579. The molecule has 0 fully saturated rings. The number of anilines is 2. The fourth-order valence-corrected chi connectivity index (χ4v) is 2.67. The van der Waals surface area contributed by atoms with Crippen LogP contribution in [0.4, 0.5) is 16.2 Å². The van der Waals surface area contributed by atoms with Gasteiger partial charge in [-0.15, -0.1) is 0 Å². The Hall–Kier alpha value is -3.38. The predicted molar refractivity (Wildman–Crippen MR) is 105 cm³/mol. The molecule has 3 aromatic rings. The number of pyridine rings is 1. The standard InChI is InChI=1S/C20H16ClN3O3/c1-27-20(26)24-15-6-7-16(17(22)10-15)12-3-2-4-13(9-12)19(25)18-8-5-14(21)11-23-18/h2-11H,22H2,1H3,(H,24,26). The van der Waals surface area contributed by atoms with Crippen LogP contribution in [0, 0.1) is 0 Å². The highest BCUT2D eigenvalue weighted by atomic mass is 35.5. The first-order valence-electron chi connectivity index (χ1n) is 7.99. The number of nitrogen functional groups attached to an aromatic ring is 1. The Morgan fingerprint density at radius 1 is 1.11 bits per heavy atom. The van der Waals surface area contributed by atoms with Crippen LogP contribution in [0.2, 0.25) is 5.02 Å². The highest BCUT2D eigenvalue weighted by Crippen LogP contribution is 2.29. The number of nitrogens with zero attached hydrogens (tertiary/aromatic N) is 1. The van der Waals surface area contributed by atoms with Crippen LogP contribution < -0.4 is 11.1 Å². The number of amides is 1. The third-order valence-corrected chi connectivity index (χ3v) is 4.10. The Kier molecular flexibility index (Phi) is 5.38. The Morgan fingerprint density at radius 2 is 1.93 bits per heavy atom. The van der Waals surface area contributed by atoms with E-state index in [1.165, 1.54) is 13.3 Å². The van der Waals surface area contributed by atoms with Crippen LogP contribution in [-0.2, 0) is 4.74 Å². The zero-order valence-corrected chi connectivity index (χ0v) is 15.2. The van der Waals surface area contributed by atoms with Gasteiger partial charge in [0.05, 0.1) is 12.1 Å². The zero-order valence-electron chi connectivity index (χ0n) is 14.4. The smallest absolute Gasteiger partial charge is 0.411 e. The normalized spacial score (nSPS) is 10.3. The maximum atomic E-state index is 12.6. The van der Waals surface area contributed by atoms with E-state index in [-0.39, 0.29) is 5.78 Å². The second kappa shape index (κ2) is 7.88. The molecule has 0 atom stereocenters. The molecule has 2 aromatic carbocycles. The van der Waals surface area contributed by atoms with E-state index in [1.807, 2.05) is 6.07 Å². The number of methoxy groups -OCH3 is 1. The van der Waals surface area contributed by atoms with Gasteiger partial charge in [0.1, 0.15) is 5.69 Å². The molecule has 1 amide bonds. The number of rotatable bonds is 4. The summed E-state index contributed by atoms with van der Waals surface area (Å²) in [6.07, 6.45) is 0.856. The lowest BCUT2D eigenvalue weighted by Crippen LogP contribution is -2.11. The molecule has 0 aliphatic rings. The topological polar surface area (TPSA) is 94.3 Å². The number of carbonyl (C=O) groups is 2. The molecular formula is C20H16ClN3O3. The first-order chi connectivity index (χ1) is 13.0. The average molecular weight is 382 g/mol. The third kappa shape index (κ3) is 4.24. The number of hydrogen-bond donors (Lipinski definition) is 2. The Morgan fingerprint density at radius 3 is 2.59 bits per heavy atom. The average Bonchev–Trinajstić information content (AvgIpc) is 2.68. The summed E-state index contributed by atoms with van der Waals surface area (Å²) >= 11 is 5.82. The van der Waals surface area contributed by atoms with E-state index in [2.05, 4.69) is 15.0 Å². The van der Waals surface area contributed by atoms with Crippen molar-refractivity contribution in [3.63, 3.8) is 0 Å². The first-order valence-corrected chi connectivity index (χ1v) is 8.37. The molecule has 136 valence electrons. The minimum absolute atomic E-state index is 0.212. The number of aromatic nitrogens is 1. The number of ketones is 1. The summed E-state index contributed by atoms with van der Waals surface area (Å²) in [4.78, 5) is 28.0. The van der Waals surface area contributed by atoms with Gasteiger partial charge in [-0.25, -0.2) is 4.79 Å². The lowest BCUT2D eigenvalue weighted by Gasteiger charge is -2.10. The molecular weight excluding hydrogens is 366 g/mol. The van der Waals surface area contributed by atoms with Crippen molar-refractivity contribution >= 4 is 34.9 Å². The van der Waals surface area contributed by atoms with Crippen LogP contribution in [-0.4, -0.2) is 24.0 Å². The molecule has 0 aliphatic carbocycles. The van der Waals surface area contributed by atoms with Crippen molar-refractivity contribution in [2.24, 2.45) is 0 Å². The molecule has 1 aromatic heterocycles. The van der Waals surface area contributed by atoms with E-state index in [0.717, 1.165) is 11.1 Å². The number of benzene rings is 2. The summed E-state index contributed by atoms with van der Waals surface area (Å²) in [5.74, 6) is -0.212. The number of nitrogens with one attached hydrogen (secondary N) is 1. The van der Waals surface area contributed by atoms with Gasteiger partial charge >= 0.3 is 6.09 Å². The summed E-state index contributed by atoms with van der Waals surface area (Å²) < 4.78 is 4.56. The van der Waals surface area contributed by atoms with Crippen molar-refractivity contribution in [3.8, 4) is 11.1 Å². The second-order valence-corrected chi connectivity index (χ2v) is 6.13. The van der Waals surface area contributed by atoms with Gasteiger partial charge in [0.25, 0.3) is 0 Å². The van der Waals surface area contributed by atoms with Crippen molar-refractivity contribution in [2.75, 3.05) is 18.2 Å². The van der Waals surface area contributed by atoms with E-state index >= 15 is 0 Å². The van der Waals surface area contributed by atoms with Crippen LogP contribution in [0.3, 0.4) is 0 Å². The Balaban J connectivity index is 1.90. The van der Waals surface area contributed by atoms with Crippen molar-refractivity contribution in [2.45, 2.75) is 0 Å². The zero-order chi connectivity index (χ0) is 19.4. The Labute approximate surface area is 160 Å². The summed E-state index contributed by atoms with van der Waals surface area (Å²) in [5.41, 5.74) is 9.40. The molecule has 0 radical (unpaired) electrons. The number of hydrogen-bond acceptors (Lipinski definition) is 5. The second-order valence-electron chi connectivity index (χ2n) is 5.69. The maximum Gasteiger partial charge on any atom is 0.411 e. The molecule has 0 unspecified atom stereocenters. The van der Waals surface area contributed by atoms with Crippen LogP contribution in [0.15, 0.2) is 60.8 Å². The molecule has 3 rings (SSSR count). The number of ether oxygens (including phenoxy) is 1. The molecule has 3 N–H and O–H groups in total. The fourth-order valence-electron chi connectivity index (χ4n) is 2.56. The SMILES string of the molecule is COC(=O)Nc1ccc(-c2cccc(C(=O)c3ccc(Cl)cn3)c2)c(N)c1. The number of nitrogens with two attached hydrogens (primary N) is 1. The van der Waals surface area contributed by atoms with Crippen LogP contribution in [0.5, 0.6) is 0 Å². The Bertz CT molecular complexity index is 1000. The van der Waals surface area contributed by atoms with E-state index < -0.39 is 6.09 Å². The summed E-state index contributed by atoms with van der Waals surface area (Å²) in [6, 6.07) is 15.4. The lowest BCUT2D eigenvalue weighted by molar-refractivity contribution is 0.103. The summed E-state index contributed by atoms with van der Waals surface area (Å²) in [6.45, 7) is 0. The minimum Gasteiger partial charge on any atom is -0.453 e. The van der Waals surface area contributed by atoms with Gasteiger partial charge in [-0.05, 0) is 35.9 Å². The molecule has 0 spiro atoms.